The molecule has 1 aliphatic rings. The standard InChI is InChI=1S/C23H26N2O5/c1-4-29-20-7-5-19(6-8-20)25-13-17(12-22(25)27)23(28)30-14-21(26)24-18-10-15(2)9-16(3)11-18/h5-11,17H,4,12-14H2,1-3H3,(H,24,26)/t17-/m1/s1. The average Bonchev–Trinajstić information content (AvgIpc) is 3.08. The third kappa shape index (κ3) is 5.37. The van der Waals surface area contributed by atoms with Crippen LogP contribution < -0.4 is 15.0 Å². The summed E-state index contributed by atoms with van der Waals surface area (Å²) in [6, 6.07) is 12.8. The lowest BCUT2D eigenvalue weighted by Crippen LogP contribution is -2.28. The summed E-state index contributed by atoms with van der Waals surface area (Å²) in [7, 11) is 0. The highest BCUT2D eigenvalue weighted by Crippen LogP contribution is 2.27. The van der Waals surface area contributed by atoms with Crippen LogP contribution in [0.3, 0.4) is 0 Å². The van der Waals surface area contributed by atoms with E-state index in [-0.39, 0.29) is 25.5 Å². The summed E-state index contributed by atoms with van der Waals surface area (Å²) >= 11 is 0. The molecule has 1 heterocycles. The van der Waals surface area contributed by atoms with Crippen LogP contribution in [0, 0.1) is 19.8 Å². The largest absolute Gasteiger partial charge is 0.494 e. The number of nitrogens with one attached hydrogen (secondary N) is 1. The van der Waals surface area contributed by atoms with E-state index in [1.165, 1.54) is 0 Å². The Bertz CT molecular complexity index is 919. The summed E-state index contributed by atoms with van der Waals surface area (Å²) in [5.74, 6) is -0.994. The Labute approximate surface area is 176 Å². The molecule has 2 aromatic carbocycles. The van der Waals surface area contributed by atoms with Gasteiger partial charge in [-0.2, -0.15) is 0 Å². The predicted molar refractivity (Wildman–Crippen MR) is 114 cm³/mol. The maximum Gasteiger partial charge on any atom is 0.311 e. The zero-order valence-electron chi connectivity index (χ0n) is 17.4. The van der Waals surface area contributed by atoms with Gasteiger partial charge in [0.05, 0.1) is 12.5 Å². The fourth-order valence-electron chi connectivity index (χ4n) is 3.50. The quantitative estimate of drug-likeness (QED) is 0.709. The molecule has 1 saturated heterocycles. The monoisotopic (exact) mass is 410 g/mol. The van der Waals surface area contributed by atoms with E-state index in [0.717, 1.165) is 16.9 Å². The normalized spacial score (nSPS) is 15.8. The van der Waals surface area contributed by atoms with Gasteiger partial charge < -0.3 is 19.7 Å². The molecule has 0 unspecified atom stereocenters. The van der Waals surface area contributed by atoms with Crippen LogP contribution in [-0.2, 0) is 19.1 Å². The second kappa shape index (κ2) is 9.43. The van der Waals surface area contributed by atoms with Crippen molar-refractivity contribution in [3.8, 4) is 5.75 Å². The van der Waals surface area contributed by atoms with Crippen molar-refractivity contribution in [2.45, 2.75) is 27.2 Å². The van der Waals surface area contributed by atoms with Crippen molar-refractivity contribution in [3.63, 3.8) is 0 Å². The minimum Gasteiger partial charge on any atom is -0.494 e. The first-order valence-corrected chi connectivity index (χ1v) is 9.93. The third-order valence-electron chi connectivity index (χ3n) is 4.77. The van der Waals surface area contributed by atoms with E-state index in [1.54, 1.807) is 29.2 Å². The number of amides is 2. The van der Waals surface area contributed by atoms with E-state index in [9.17, 15) is 14.4 Å². The molecular formula is C23H26N2O5. The van der Waals surface area contributed by atoms with E-state index in [0.29, 0.717) is 18.0 Å². The number of nitrogens with zero attached hydrogens (tertiary/aromatic N) is 1. The lowest BCUT2D eigenvalue weighted by Gasteiger charge is -2.17. The van der Waals surface area contributed by atoms with Gasteiger partial charge in [-0.05, 0) is 68.3 Å². The Kier molecular flexibility index (Phi) is 6.72. The molecule has 158 valence electrons. The number of carbonyl (C=O) groups excluding carboxylic acids is 3. The molecule has 1 atom stereocenters. The molecule has 0 aliphatic carbocycles. The molecule has 1 N–H and O–H groups in total. The fourth-order valence-corrected chi connectivity index (χ4v) is 3.50. The molecule has 7 nitrogen and oxygen atoms in total. The Balaban J connectivity index is 1.52. The van der Waals surface area contributed by atoms with Gasteiger partial charge in [0.25, 0.3) is 5.91 Å². The van der Waals surface area contributed by atoms with Crippen LogP contribution in [0.25, 0.3) is 0 Å². The molecule has 7 heteroatoms. The van der Waals surface area contributed by atoms with Crippen LogP contribution in [0.1, 0.15) is 24.5 Å². The summed E-state index contributed by atoms with van der Waals surface area (Å²) < 4.78 is 10.6. The van der Waals surface area contributed by atoms with Gasteiger partial charge in [0.1, 0.15) is 5.75 Å². The summed E-state index contributed by atoms with van der Waals surface area (Å²) in [4.78, 5) is 38.4. The van der Waals surface area contributed by atoms with Crippen molar-refractivity contribution in [3.05, 3.63) is 53.6 Å². The number of esters is 1. The van der Waals surface area contributed by atoms with E-state index in [2.05, 4.69) is 5.32 Å². The number of anilines is 2. The molecule has 0 saturated carbocycles. The van der Waals surface area contributed by atoms with Gasteiger partial charge in [0, 0.05) is 24.3 Å². The lowest BCUT2D eigenvalue weighted by atomic mass is 10.1. The van der Waals surface area contributed by atoms with Gasteiger partial charge in [0.2, 0.25) is 5.91 Å². The zero-order chi connectivity index (χ0) is 21.7. The van der Waals surface area contributed by atoms with Crippen LogP contribution in [0.2, 0.25) is 0 Å². The Morgan fingerprint density at radius 1 is 1.10 bits per heavy atom. The summed E-state index contributed by atoms with van der Waals surface area (Å²) in [6.07, 6.45) is 0.0603. The number of benzene rings is 2. The highest BCUT2D eigenvalue weighted by molar-refractivity contribution is 6.00. The van der Waals surface area contributed by atoms with E-state index in [1.807, 2.05) is 39.0 Å². The fraction of sp³-hybridized carbons (Fsp3) is 0.348. The molecular weight excluding hydrogens is 384 g/mol. The lowest BCUT2D eigenvalue weighted by molar-refractivity contribution is -0.151. The number of carbonyl (C=O) groups is 3. The molecule has 3 rings (SSSR count). The highest BCUT2D eigenvalue weighted by atomic mass is 16.5. The minimum atomic E-state index is -0.599. The summed E-state index contributed by atoms with van der Waals surface area (Å²) in [5.41, 5.74) is 3.42. The van der Waals surface area contributed by atoms with Crippen molar-refractivity contribution in [1.82, 2.24) is 0 Å². The maximum atomic E-state index is 12.4. The third-order valence-corrected chi connectivity index (χ3v) is 4.77. The van der Waals surface area contributed by atoms with Crippen molar-refractivity contribution < 1.29 is 23.9 Å². The van der Waals surface area contributed by atoms with E-state index < -0.39 is 17.8 Å². The smallest absolute Gasteiger partial charge is 0.311 e. The van der Waals surface area contributed by atoms with Gasteiger partial charge in [0.15, 0.2) is 6.61 Å². The van der Waals surface area contributed by atoms with Crippen LogP contribution in [0.4, 0.5) is 11.4 Å². The first-order valence-electron chi connectivity index (χ1n) is 9.93. The zero-order valence-corrected chi connectivity index (χ0v) is 17.4. The van der Waals surface area contributed by atoms with Gasteiger partial charge >= 0.3 is 5.97 Å². The van der Waals surface area contributed by atoms with Crippen molar-refractivity contribution >= 4 is 29.2 Å². The first-order chi connectivity index (χ1) is 14.4. The number of hydrogen-bond donors (Lipinski definition) is 1. The Hall–Kier alpha value is -3.35. The second-order valence-corrected chi connectivity index (χ2v) is 7.36. The van der Waals surface area contributed by atoms with Crippen LogP contribution >= 0.6 is 0 Å². The average molecular weight is 410 g/mol. The van der Waals surface area contributed by atoms with Crippen molar-refractivity contribution in [1.29, 1.82) is 0 Å². The Morgan fingerprint density at radius 3 is 2.40 bits per heavy atom. The van der Waals surface area contributed by atoms with Gasteiger partial charge in [-0.15, -0.1) is 0 Å². The van der Waals surface area contributed by atoms with Crippen LogP contribution in [-0.4, -0.2) is 37.5 Å². The first kappa shape index (κ1) is 21.4. The molecule has 0 radical (unpaired) electrons. The van der Waals surface area contributed by atoms with Crippen molar-refractivity contribution in [2.24, 2.45) is 5.92 Å². The number of ether oxygens (including phenoxy) is 2. The van der Waals surface area contributed by atoms with Gasteiger partial charge in [-0.1, -0.05) is 6.07 Å². The molecule has 30 heavy (non-hydrogen) atoms. The Morgan fingerprint density at radius 2 is 1.77 bits per heavy atom. The van der Waals surface area contributed by atoms with Crippen LogP contribution in [0.15, 0.2) is 42.5 Å². The molecule has 1 fully saturated rings. The summed E-state index contributed by atoms with van der Waals surface area (Å²) in [5, 5.41) is 2.72. The predicted octanol–water partition coefficient (Wildman–Crippen LogP) is 3.24. The van der Waals surface area contributed by atoms with Crippen LogP contribution in [0.5, 0.6) is 5.75 Å². The maximum absolute atomic E-state index is 12.4. The van der Waals surface area contributed by atoms with Gasteiger partial charge in [-0.3, -0.25) is 14.4 Å². The molecule has 1 aliphatic heterocycles. The minimum absolute atomic E-state index is 0.0603. The highest BCUT2D eigenvalue weighted by Gasteiger charge is 2.36. The van der Waals surface area contributed by atoms with Crippen molar-refractivity contribution in [2.75, 3.05) is 30.0 Å². The number of aryl methyl sites for hydroxylation is 2. The van der Waals surface area contributed by atoms with E-state index in [4.69, 9.17) is 9.47 Å². The molecule has 0 spiro atoms. The molecule has 0 bridgehead atoms. The number of rotatable bonds is 7. The number of hydrogen-bond acceptors (Lipinski definition) is 5. The second-order valence-electron chi connectivity index (χ2n) is 7.36. The molecule has 0 aromatic heterocycles. The van der Waals surface area contributed by atoms with E-state index >= 15 is 0 Å². The summed E-state index contributed by atoms with van der Waals surface area (Å²) in [6.45, 7) is 6.18. The molecule has 2 amide bonds. The SMILES string of the molecule is CCOc1ccc(N2C[C@H](C(=O)OCC(=O)Nc3cc(C)cc(C)c3)CC2=O)cc1. The topological polar surface area (TPSA) is 84.9 Å². The molecule has 2 aromatic rings. The van der Waals surface area contributed by atoms with Gasteiger partial charge in [-0.25, -0.2) is 0 Å².